The van der Waals surface area contributed by atoms with Gasteiger partial charge in [0.1, 0.15) is 6.33 Å². The average Bonchev–Trinajstić information content (AvgIpc) is 3.06. The van der Waals surface area contributed by atoms with Crippen molar-refractivity contribution < 1.29 is 13.5 Å². The van der Waals surface area contributed by atoms with Gasteiger partial charge in [0.05, 0.1) is 24.9 Å². The fourth-order valence-corrected chi connectivity index (χ4v) is 3.78. The van der Waals surface area contributed by atoms with E-state index in [2.05, 4.69) is 39.4 Å². The van der Waals surface area contributed by atoms with E-state index in [1.807, 2.05) is 6.07 Å². The standard InChI is InChI=1S/C21H21F2N5O/c1-13-4-14(15-8-27(9-15)18-10-29-11-18)6-16(5-13)25-21-24-12-28(26-21)17-2-3-19(22)20(23)7-17/h2-7,12,15,18H,8-11H2,1H3,(H,25,26). The van der Waals surface area contributed by atoms with Crippen molar-refractivity contribution in [3.8, 4) is 5.69 Å². The maximum absolute atomic E-state index is 13.5. The summed E-state index contributed by atoms with van der Waals surface area (Å²) in [6.45, 7) is 5.87. The van der Waals surface area contributed by atoms with E-state index < -0.39 is 11.6 Å². The van der Waals surface area contributed by atoms with Crippen molar-refractivity contribution in [1.29, 1.82) is 0 Å². The van der Waals surface area contributed by atoms with Crippen LogP contribution >= 0.6 is 0 Å². The highest BCUT2D eigenvalue weighted by atomic mass is 19.2. The highest BCUT2D eigenvalue weighted by Gasteiger charge is 2.36. The number of nitrogens with zero attached hydrogens (tertiary/aromatic N) is 4. The number of nitrogens with one attached hydrogen (secondary N) is 1. The maximum Gasteiger partial charge on any atom is 0.246 e. The van der Waals surface area contributed by atoms with Crippen LogP contribution in [0.2, 0.25) is 0 Å². The number of rotatable bonds is 5. The Bertz CT molecular complexity index is 1040. The number of anilines is 2. The molecule has 1 N–H and O–H groups in total. The molecule has 0 amide bonds. The van der Waals surface area contributed by atoms with E-state index in [-0.39, 0.29) is 0 Å². The molecule has 0 bridgehead atoms. The second-order valence-corrected chi connectivity index (χ2v) is 7.71. The molecule has 0 radical (unpaired) electrons. The molecule has 6 nitrogen and oxygen atoms in total. The molecular formula is C21H21F2N5O. The number of ether oxygens (including phenoxy) is 1. The number of halogens is 2. The SMILES string of the molecule is Cc1cc(Nc2ncn(-c3ccc(F)c(F)c3)n2)cc(C2CN(C3COC3)C2)c1. The lowest BCUT2D eigenvalue weighted by Gasteiger charge is -2.47. The van der Waals surface area contributed by atoms with Crippen molar-refractivity contribution in [2.75, 3.05) is 31.6 Å². The molecule has 3 heterocycles. The normalized spacial score (nSPS) is 17.8. The van der Waals surface area contributed by atoms with Gasteiger partial charge in [0.2, 0.25) is 5.95 Å². The third kappa shape index (κ3) is 3.61. The molecule has 0 aliphatic carbocycles. The molecule has 2 fully saturated rings. The second-order valence-electron chi connectivity index (χ2n) is 7.71. The Balaban J connectivity index is 1.30. The van der Waals surface area contributed by atoms with E-state index in [9.17, 15) is 8.78 Å². The Labute approximate surface area is 167 Å². The molecule has 3 aromatic rings. The minimum Gasteiger partial charge on any atom is -0.378 e. The van der Waals surface area contributed by atoms with Crippen LogP contribution < -0.4 is 5.32 Å². The monoisotopic (exact) mass is 397 g/mol. The number of hydrogen-bond donors (Lipinski definition) is 1. The molecule has 150 valence electrons. The largest absolute Gasteiger partial charge is 0.378 e. The van der Waals surface area contributed by atoms with Gasteiger partial charge in [-0.3, -0.25) is 4.90 Å². The van der Waals surface area contributed by atoms with E-state index in [1.165, 1.54) is 22.6 Å². The van der Waals surface area contributed by atoms with Gasteiger partial charge in [-0.2, -0.15) is 4.98 Å². The van der Waals surface area contributed by atoms with Crippen LogP contribution in [-0.4, -0.2) is 52.0 Å². The number of aryl methyl sites for hydroxylation is 1. The molecule has 0 unspecified atom stereocenters. The van der Waals surface area contributed by atoms with E-state index >= 15 is 0 Å². The average molecular weight is 397 g/mol. The van der Waals surface area contributed by atoms with Crippen LogP contribution in [-0.2, 0) is 4.74 Å². The molecule has 1 aromatic heterocycles. The molecule has 2 aromatic carbocycles. The van der Waals surface area contributed by atoms with E-state index in [4.69, 9.17) is 4.74 Å². The number of aromatic nitrogens is 3. The smallest absolute Gasteiger partial charge is 0.246 e. The van der Waals surface area contributed by atoms with Gasteiger partial charge in [-0.05, 0) is 42.3 Å². The summed E-state index contributed by atoms with van der Waals surface area (Å²) in [5.41, 5.74) is 3.77. The lowest BCUT2D eigenvalue weighted by molar-refractivity contribution is -0.0906. The first kappa shape index (κ1) is 18.2. The van der Waals surface area contributed by atoms with Crippen LogP contribution in [0.15, 0.2) is 42.7 Å². The quantitative estimate of drug-likeness (QED) is 0.715. The lowest BCUT2D eigenvalue weighted by atomic mass is 9.88. The van der Waals surface area contributed by atoms with Crippen LogP contribution in [0.5, 0.6) is 0 Å². The number of likely N-dealkylation sites (tertiary alicyclic amines) is 1. The van der Waals surface area contributed by atoms with Gasteiger partial charge in [0, 0.05) is 30.8 Å². The minimum absolute atomic E-state index is 0.396. The summed E-state index contributed by atoms with van der Waals surface area (Å²) in [5.74, 6) is -0.894. The van der Waals surface area contributed by atoms with Crippen LogP contribution in [0, 0.1) is 18.6 Å². The molecular weight excluding hydrogens is 376 g/mol. The summed E-state index contributed by atoms with van der Waals surface area (Å²) in [5, 5.41) is 7.54. The van der Waals surface area contributed by atoms with Crippen molar-refractivity contribution >= 4 is 11.6 Å². The van der Waals surface area contributed by atoms with Gasteiger partial charge in [-0.25, -0.2) is 13.5 Å². The zero-order chi connectivity index (χ0) is 20.0. The van der Waals surface area contributed by atoms with Crippen LogP contribution in [0.25, 0.3) is 5.69 Å². The molecule has 2 aliphatic rings. The number of hydrogen-bond acceptors (Lipinski definition) is 5. The van der Waals surface area contributed by atoms with Crippen molar-refractivity contribution in [3.05, 3.63) is 65.5 Å². The third-order valence-corrected chi connectivity index (χ3v) is 5.53. The van der Waals surface area contributed by atoms with Crippen LogP contribution in [0.4, 0.5) is 20.4 Å². The van der Waals surface area contributed by atoms with Crippen LogP contribution in [0.1, 0.15) is 17.0 Å². The van der Waals surface area contributed by atoms with E-state index in [0.717, 1.165) is 49.7 Å². The van der Waals surface area contributed by atoms with Crippen molar-refractivity contribution in [2.45, 2.75) is 18.9 Å². The third-order valence-electron chi connectivity index (χ3n) is 5.53. The first-order valence-electron chi connectivity index (χ1n) is 9.62. The lowest BCUT2D eigenvalue weighted by Crippen LogP contribution is -2.58. The Morgan fingerprint density at radius 3 is 2.62 bits per heavy atom. The molecule has 2 saturated heterocycles. The van der Waals surface area contributed by atoms with Gasteiger partial charge in [0.15, 0.2) is 11.6 Å². The minimum atomic E-state index is -0.918. The first-order valence-corrected chi connectivity index (χ1v) is 9.62. The maximum atomic E-state index is 13.5. The summed E-state index contributed by atoms with van der Waals surface area (Å²) in [7, 11) is 0. The van der Waals surface area contributed by atoms with Gasteiger partial charge < -0.3 is 10.1 Å². The summed E-state index contributed by atoms with van der Waals surface area (Å²) in [4.78, 5) is 6.70. The fraction of sp³-hybridized carbons (Fsp3) is 0.333. The summed E-state index contributed by atoms with van der Waals surface area (Å²) >= 11 is 0. The zero-order valence-corrected chi connectivity index (χ0v) is 16.0. The summed E-state index contributed by atoms with van der Waals surface area (Å²) in [6, 6.07) is 10.6. The van der Waals surface area contributed by atoms with Gasteiger partial charge in [-0.15, -0.1) is 5.10 Å². The van der Waals surface area contributed by atoms with E-state index in [0.29, 0.717) is 23.6 Å². The fourth-order valence-electron chi connectivity index (χ4n) is 3.78. The highest BCUT2D eigenvalue weighted by Crippen LogP contribution is 2.33. The predicted octanol–water partition coefficient (Wildman–Crippen LogP) is 3.40. The molecule has 0 spiro atoms. The summed E-state index contributed by atoms with van der Waals surface area (Å²) in [6.07, 6.45) is 1.47. The molecule has 29 heavy (non-hydrogen) atoms. The Morgan fingerprint density at radius 1 is 1.07 bits per heavy atom. The summed E-state index contributed by atoms with van der Waals surface area (Å²) < 4.78 is 33.3. The Hall–Kier alpha value is -2.84. The van der Waals surface area contributed by atoms with Gasteiger partial charge in [-0.1, -0.05) is 6.07 Å². The predicted molar refractivity (Wildman–Crippen MR) is 105 cm³/mol. The molecule has 2 aliphatic heterocycles. The van der Waals surface area contributed by atoms with Crippen molar-refractivity contribution in [2.24, 2.45) is 0 Å². The molecule has 0 saturated carbocycles. The first-order chi connectivity index (χ1) is 14.0. The zero-order valence-electron chi connectivity index (χ0n) is 16.0. The molecule has 0 atom stereocenters. The van der Waals surface area contributed by atoms with Gasteiger partial charge in [0.25, 0.3) is 0 Å². The number of benzene rings is 2. The van der Waals surface area contributed by atoms with Crippen LogP contribution in [0.3, 0.4) is 0 Å². The Kier molecular flexibility index (Phi) is 4.52. The van der Waals surface area contributed by atoms with E-state index in [1.54, 1.807) is 0 Å². The molecule has 5 rings (SSSR count). The van der Waals surface area contributed by atoms with Crippen molar-refractivity contribution in [1.82, 2.24) is 19.7 Å². The molecule has 8 heteroatoms. The topological polar surface area (TPSA) is 55.2 Å². The van der Waals surface area contributed by atoms with Gasteiger partial charge >= 0.3 is 0 Å². The second kappa shape index (κ2) is 7.20. The highest BCUT2D eigenvalue weighted by molar-refractivity contribution is 5.56. The Morgan fingerprint density at radius 2 is 1.90 bits per heavy atom. The van der Waals surface area contributed by atoms with Crippen molar-refractivity contribution in [3.63, 3.8) is 0 Å².